The van der Waals surface area contributed by atoms with Crippen molar-refractivity contribution in [1.82, 2.24) is 0 Å². The number of carbonyl (C=O) groups is 1. The lowest BCUT2D eigenvalue weighted by Crippen LogP contribution is -2.66. The number of fused-ring (bicyclic) bond motifs is 7. The van der Waals surface area contributed by atoms with Crippen LogP contribution < -0.4 is 0 Å². The summed E-state index contributed by atoms with van der Waals surface area (Å²) in [7, 11) is 0. The molecule has 0 aromatic rings. The molecule has 2 heterocycles. The molecule has 0 spiro atoms. The summed E-state index contributed by atoms with van der Waals surface area (Å²) in [6.07, 6.45) is -3.90. The number of ether oxygens (including phenoxy) is 4. The second-order valence-corrected chi connectivity index (χ2v) is 20.7. The van der Waals surface area contributed by atoms with Gasteiger partial charge in [0.15, 0.2) is 12.6 Å². The zero-order chi connectivity index (χ0) is 40.3. The zero-order valence-electron chi connectivity index (χ0n) is 33.8. The summed E-state index contributed by atoms with van der Waals surface area (Å²) in [6.45, 7) is 15.4. The largest absolute Gasteiger partial charge is 0.481 e. The van der Waals surface area contributed by atoms with Crippen LogP contribution >= 0.6 is 0 Å². The highest BCUT2D eigenvalue weighted by molar-refractivity contribution is 5.76. The molecular formula is C42H68O13. The van der Waals surface area contributed by atoms with E-state index in [4.69, 9.17) is 18.9 Å². The van der Waals surface area contributed by atoms with E-state index in [1.807, 2.05) is 0 Å². The van der Waals surface area contributed by atoms with Gasteiger partial charge in [-0.15, -0.1) is 0 Å². The molecule has 314 valence electrons. The molecule has 0 amide bonds. The molecule has 13 heteroatoms. The van der Waals surface area contributed by atoms with Crippen molar-refractivity contribution in [2.24, 2.45) is 50.2 Å². The van der Waals surface area contributed by atoms with E-state index in [0.717, 1.165) is 57.8 Å². The van der Waals surface area contributed by atoms with Crippen LogP contribution in [0, 0.1) is 50.2 Å². The van der Waals surface area contributed by atoms with Gasteiger partial charge in [0.05, 0.1) is 24.7 Å². The summed E-state index contributed by atoms with van der Waals surface area (Å²) in [5.41, 5.74) is 0.344. The first-order chi connectivity index (χ1) is 25.6. The fourth-order valence-corrected chi connectivity index (χ4v) is 13.6. The lowest BCUT2D eigenvalue weighted by atomic mass is 9.33. The Hall–Kier alpha value is -1.23. The monoisotopic (exact) mass is 780 g/mol. The van der Waals surface area contributed by atoms with Crippen LogP contribution in [0.4, 0.5) is 0 Å². The number of hydrogen-bond donors (Lipinski definition) is 8. The van der Waals surface area contributed by atoms with E-state index in [9.17, 15) is 45.6 Å². The Labute approximate surface area is 325 Å². The number of rotatable bonds is 7. The Bertz CT molecular complexity index is 1480. The molecule has 6 fully saturated rings. The molecule has 0 radical (unpaired) electrons. The Morgan fingerprint density at radius 1 is 0.745 bits per heavy atom. The van der Waals surface area contributed by atoms with Gasteiger partial charge in [0, 0.05) is 0 Å². The first kappa shape index (κ1) is 41.9. The van der Waals surface area contributed by atoms with Crippen molar-refractivity contribution in [3.8, 4) is 0 Å². The molecule has 55 heavy (non-hydrogen) atoms. The quantitative estimate of drug-likeness (QED) is 0.138. The number of carboxylic acids is 1. The number of aliphatic carboxylic acids is 1. The molecule has 7 aliphatic rings. The van der Waals surface area contributed by atoms with Gasteiger partial charge in [0.2, 0.25) is 0 Å². The van der Waals surface area contributed by atoms with Gasteiger partial charge in [0.25, 0.3) is 0 Å². The van der Waals surface area contributed by atoms with Gasteiger partial charge in [-0.2, -0.15) is 0 Å². The van der Waals surface area contributed by atoms with E-state index >= 15 is 0 Å². The van der Waals surface area contributed by atoms with Crippen molar-refractivity contribution >= 4 is 5.97 Å². The van der Waals surface area contributed by atoms with Crippen LogP contribution in [0.5, 0.6) is 0 Å². The number of carboxylic acid groups (broad SMARTS) is 1. The van der Waals surface area contributed by atoms with Gasteiger partial charge in [-0.25, -0.2) is 0 Å². The molecule has 0 aromatic carbocycles. The standard InChI is InChI=1S/C42H68O13/c1-37(2)14-16-42(36(50)51)17-15-40(6)21(22(42)18-37)8-9-26-39(5)12-11-27(38(3,4)25(39)10-13-41(26,40)7)55-35-33(49)31(47)29(45)24(54-35)20-52-34-32(48)30(46)28(44)23(19-43)53-34/h8,22-35,43-49H,9-20H2,1-7H3,(H,50,51)/t22-,23+,24+,25-,26+,27-,28-,29+,30-,31-,32+,33+,34-,35-,39-,40+,41+,42-/m0/s1. The fraction of sp³-hybridized carbons (Fsp3) is 0.929. The molecule has 0 unspecified atom stereocenters. The van der Waals surface area contributed by atoms with Crippen LogP contribution in [0.25, 0.3) is 0 Å². The minimum absolute atomic E-state index is 0.00451. The minimum atomic E-state index is -1.65. The van der Waals surface area contributed by atoms with Gasteiger partial charge in [-0.05, 0) is 109 Å². The second kappa shape index (κ2) is 14.2. The third-order valence-electron chi connectivity index (χ3n) is 17.2. The highest BCUT2D eigenvalue weighted by Crippen LogP contribution is 2.76. The van der Waals surface area contributed by atoms with Crippen molar-refractivity contribution in [1.29, 1.82) is 0 Å². The molecule has 0 aromatic heterocycles. The molecular weight excluding hydrogens is 712 g/mol. The average molecular weight is 781 g/mol. The fourth-order valence-electron chi connectivity index (χ4n) is 13.6. The van der Waals surface area contributed by atoms with Crippen LogP contribution in [-0.2, 0) is 23.7 Å². The van der Waals surface area contributed by atoms with Crippen molar-refractivity contribution in [3.63, 3.8) is 0 Å². The summed E-state index contributed by atoms with van der Waals surface area (Å²) in [6, 6.07) is 0. The predicted octanol–water partition coefficient (Wildman–Crippen LogP) is 2.88. The molecule has 4 saturated carbocycles. The summed E-state index contributed by atoms with van der Waals surface area (Å²) < 4.78 is 23.7. The maximum absolute atomic E-state index is 13.0. The molecule has 2 aliphatic heterocycles. The van der Waals surface area contributed by atoms with Gasteiger partial charge in [-0.3, -0.25) is 4.79 Å². The highest BCUT2D eigenvalue weighted by atomic mass is 16.7. The molecule has 5 aliphatic carbocycles. The van der Waals surface area contributed by atoms with Crippen LogP contribution in [0.2, 0.25) is 0 Å². The summed E-state index contributed by atoms with van der Waals surface area (Å²) >= 11 is 0. The summed E-state index contributed by atoms with van der Waals surface area (Å²) in [5.74, 6) is 0.0886. The molecule has 8 N–H and O–H groups in total. The van der Waals surface area contributed by atoms with Crippen molar-refractivity contribution in [2.75, 3.05) is 13.2 Å². The molecule has 2 saturated heterocycles. The van der Waals surface area contributed by atoms with E-state index in [-0.39, 0.29) is 45.0 Å². The van der Waals surface area contributed by atoms with Crippen molar-refractivity contribution in [3.05, 3.63) is 11.6 Å². The Morgan fingerprint density at radius 3 is 2.02 bits per heavy atom. The van der Waals surface area contributed by atoms with Gasteiger partial charge >= 0.3 is 5.97 Å². The van der Waals surface area contributed by atoms with E-state index in [2.05, 4.69) is 54.5 Å². The Kier molecular flexibility index (Phi) is 10.8. The van der Waals surface area contributed by atoms with E-state index in [1.54, 1.807) is 0 Å². The SMILES string of the molecule is CC1(C)CC[C@]2(C(=O)O)CC[C@]3(C)C(=CC[C@@H]4[C@@]5(C)CC[C@H](O[C@@H]6O[C@H](CO[C@H]7O[C@H](CO)[C@H](O)[C@H](O)[C@H]7O)[C@@H](O)[C@H](O)[C@H]6O)C(C)(C)[C@@H]5CC[C@]43C)[C@@H]2C1. The second-order valence-electron chi connectivity index (χ2n) is 20.7. The van der Waals surface area contributed by atoms with E-state index < -0.39 is 86.0 Å². The van der Waals surface area contributed by atoms with Gasteiger partial charge < -0.3 is 59.8 Å². The van der Waals surface area contributed by atoms with Crippen LogP contribution in [0.15, 0.2) is 11.6 Å². The highest BCUT2D eigenvalue weighted by Gasteiger charge is 2.69. The molecule has 7 rings (SSSR count). The normalized spacial score (nSPS) is 53.2. The first-order valence-corrected chi connectivity index (χ1v) is 20.8. The number of hydrogen-bond acceptors (Lipinski definition) is 12. The van der Waals surface area contributed by atoms with E-state index in [1.165, 1.54) is 5.57 Å². The third kappa shape index (κ3) is 6.31. The lowest BCUT2D eigenvalue weighted by Gasteiger charge is -2.71. The Balaban J connectivity index is 1.08. The zero-order valence-corrected chi connectivity index (χ0v) is 33.8. The summed E-state index contributed by atoms with van der Waals surface area (Å²) in [4.78, 5) is 13.0. The molecule has 18 atom stereocenters. The molecule has 13 nitrogen and oxygen atoms in total. The number of aliphatic hydroxyl groups is 7. The van der Waals surface area contributed by atoms with Crippen LogP contribution in [0.1, 0.15) is 113 Å². The smallest absolute Gasteiger partial charge is 0.310 e. The average Bonchev–Trinajstić information content (AvgIpc) is 3.12. The predicted molar refractivity (Wildman–Crippen MR) is 198 cm³/mol. The van der Waals surface area contributed by atoms with Crippen molar-refractivity contribution in [2.45, 2.75) is 180 Å². The van der Waals surface area contributed by atoms with Crippen molar-refractivity contribution < 1.29 is 64.6 Å². The first-order valence-electron chi connectivity index (χ1n) is 20.8. The number of aliphatic hydroxyl groups excluding tert-OH is 7. The molecule has 0 bridgehead atoms. The van der Waals surface area contributed by atoms with Gasteiger partial charge in [0.1, 0.15) is 48.8 Å². The van der Waals surface area contributed by atoms with Gasteiger partial charge in [-0.1, -0.05) is 60.1 Å². The topological polar surface area (TPSA) is 216 Å². The van der Waals surface area contributed by atoms with E-state index in [0.29, 0.717) is 12.3 Å². The Morgan fingerprint density at radius 2 is 1.36 bits per heavy atom. The van der Waals surface area contributed by atoms with Crippen LogP contribution in [0.3, 0.4) is 0 Å². The minimum Gasteiger partial charge on any atom is -0.481 e. The maximum atomic E-state index is 13.0. The lowest BCUT2D eigenvalue weighted by molar-refractivity contribution is -0.345. The number of allylic oxidation sites excluding steroid dienone is 2. The maximum Gasteiger partial charge on any atom is 0.310 e. The summed E-state index contributed by atoms with van der Waals surface area (Å²) in [5, 5.41) is 83.8. The van der Waals surface area contributed by atoms with Crippen LogP contribution in [-0.4, -0.2) is 128 Å². The third-order valence-corrected chi connectivity index (χ3v) is 17.2.